The Labute approximate surface area is 140 Å². The van der Waals surface area contributed by atoms with Crippen LogP contribution >= 0.6 is 11.3 Å². The monoisotopic (exact) mass is 336 g/mol. The number of hydrogen-bond donors (Lipinski definition) is 2. The van der Waals surface area contributed by atoms with Crippen molar-refractivity contribution in [3.8, 4) is 0 Å². The van der Waals surface area contributed by atoms with Crippen molar-refractivity contribution in [1.82, 2.24) is 25.8 Å². The van der Waals surface area contributed by atoms with Crippen molar-refractivity contribution in [3.63, 3.8) is 0 Å². The van der Waals surface area contributed by atoms with E-state index in [1.54, 1.807) is 11.3 Å². The fraction of sp³-hybridized carbons (Fsp3) is 0.600. The number of aryl methyl sites for hydroxylation is 2. The molecule has 0 aliphatic heterocycles. The molecule has 0 bridgehead atoms. The van der Waals surface area contributed by atoms with E-state index < -0.39 is 0 Å². The van der Waals surface area contributed by atoms with Gasteiger partial charge in [0.2, 0.25) is 5.89 Å². The zero-order valence-electron chi connectivity index (χ0n) is 13.9. The van der Waals surface area contributed by atoms with E-state index in [2.05, 4.69) is 37.7 Å². The summed E-state index contributed by atoms with van der Waals surface area (Å²) in [6, 6.07) is 0. The predicted molar refractivity (Wildman–Crippen MR) is 91.9 cm³/mol. The van der Waals surface area contributed by atoms with E-state index >= 15 is 0 Å². The number of rotatable bonds is 8. The number of nitrogens with one attached hydrogen (secondary N) is 2. The molecule has 0 radical (unpaired) electrons. The summed E-state index contributed by atoms with van der Waals surface area (Å²) in [5.74, 6) is 2.10. The molecular formula is C15H24N6OS. The Balaban J connectivity index is 1.77. The van der Waals surface area contributed by atoms with Crippen LogP contribution in [0.5, 0.6) is 0 Å². The van der Waals surface area contributed by atoms with E-state index in [1.807, 2.05) is 20.0 Å². The van der Waals surface area contributed by atoms with Crippen molar-refractivity contribution < 1.29 is 4.52 Å². The SMILES string of the molecule is CCNC(=NCCc1ncc(CC)s1)NCCc1nc(C)no1. The summed E-state index contributed by atoms with van der Waals surface area (Å²) in [5, 5.41) is 11.4. The largest absolute Gasteiger partial charge is 0.357 e. The van der Waals surface area contributed by atoms with Gasteiger partial charge in [0.05, 0.1) is 5.01 Å². The standard InChI is InChI=1S/C15H24N6OS/c1-4-12-10-19-14(23-12)7-9-18-15(16-5-2)17-8-6-13-20-11(3)21-22-13/h10H,4-9H2,1-3H3,(H2,16,17,18). The third kappa shape index (κ3) is 5.97. The molecule has 0 fully saturated rings. The fourth-order valence-electron chi connectivity index (χ4n) is 1.96. The van der Waals surface area contributed by atoms with E-state index in [1.165, 1.54) is 4.88 Å². The second kappa shape index (κ2) is 9.24. The third-order valence-electron chi connectivity index (χ3n) is 3.09. The third-order valence-corrected chi connectivity index (χ3v) is 4.29. The number of guanidine groups is 1. The number of hydrogen-bond acceptors (Lipinski definition) is 6. The van der Waals surface area contributed by atoms with Gasteiger partial charge in [-0.1, -0.05) is 12.1 Å². The Morgan fingerprint density at radius 2 is 2.17 bits per heavy atom. The van der Waals surface area contributed by atoms with E-state index in [0.717, 1.165) is 30.4 Å². The molecule has 2 rings (SSSR count). The highest BCUT2D eigenvalue weighted by molar-refractivity contribution is 7.11. The molecule has 0 amide bonds. The van der Waals surface area contributed by atoms with Crippen molar-refractivity contribution in [3.05, 3.63) is 27.8 Å². The molecule has 0 atom stereocenters. The number of thiazole rings is 1. The minimum absolute atomic E-state index is 0.640. The quantitative estimate of drug-likeness (QED) is 0.564. The molecule has 0 saturated carbocycles. The van der Waals surface area contributed by atoms with Gasteiger partial charge in [-0.3, -0.25) is 4.99 Å². The highest BCUT2D eigenvalue weighted by atomic mass is 32.1. The Bertz CT molecular complexity index is 621. The molecule has 0 spiro atoms. The number of nitrogens with zero attached hydrogens (tertiary/aromatic N) is 4. The highest BCUT2D eigenvalue weighted by Gasteiger charge is 2.04. The highest BCUT2D eigenvalue weighted by Crippen LogP contribution is 2.13. The molecule has 2 N–H and O–H groups in total. The lowest BCUT2D eigenvalue weighted by atomic mass is 10.4. The molecule has 2 aromatic rings. The average molecular weight is 336 g/mol. The lowest BCUT2D eigenvalue weighted by molar-refractivity contribution is 0.374. The minimum atomic E-state index is 0.640. The van der Waals surface area contributed by atoms with Gasteiger partial charge < -0.3 is 15.2 Å². The van der Waals surface area contributed by atoms with Gasteiger partial charge in [-0.25, -0.2) is 4.98 Å². The summed E-state index contributed by atoms with van der Waals surface area (Å²) in [6.07, 6.45) is 4.54. The first kappa shape index (κ1) is 17.4. The van der Waals surface area contributed by atoms with Crippen LogP contribution in [-0.4, -0.2) is 40.7 Å². The summed E-state index contributed by atoms with van der Waals surface area (Å²) in [5.41, 5.74) is 0. The molecule has 2 aromatic heterocycles. The molecular weight excluding hydrogens is 312 g/mol. The maximum Gasteiger partial charge on any atom is 0.228 e. The fourth-order valence-corrected chi connectivity index (χ4v) is 2.81. The van der Waals surface area contributed by atoms with Crippen molar-refractivity contribution in [2.75, 3.05) is 19.6 Å². The van der Waals surface area contributed by atoms with Gasteiger partial charge in [-0.2, -0.15) is 4.98 Å². The zero-order valence-corrected chi connectivity index (χ0v) is 14.7. The van der Waals surface area contributed by atoms with E-state index in [4.69, 9.17) is 4.52 Å². The van der Waals surface area contributed by atoms with Crippen LogP contribution in [0.15, 0.2) is 15.7 Å². The number of aliphatic imine (C=N–C) groups is 1. The molecule has 0 aliphatic rings. The summed E-state index contributed by atoms with van der Waals surface area (Å²) in [7, 11) is 0. The topological polar surface area (TPSA) is 88.2 Å². The molecule has 7 nitrogen and oxygen atoms in total. The predicted octanol–water partition coefficient (Wildman–Crippen LogP) is 1.74. The molecule has 2 heterocycles. The first-order chi connectivity index (χ1) is 11.2. The maximum atomic E-state index is 5.09. The van der Waals surface area contributed by atoms with Crippen LogP contribution in [0.1, 0.15) is 35.4 Å². The summed E-state index contributed by atoms with van der Waals surface area (Å²) in [4.78, 5) is 14.5. The van der Waals surface area contributed by atoms with Crippen molar-refractivity contribution in [2.24, 2.45) is 4.99 Å². The van der Waals surface area contributed by atoms with E-state index in [0.29, 0.717) is 31.2 Å². The summed E-state index contributed by atoms with van der Waals surface area (Å²) >= 11 is 1.77. The zero-order chi connectivity index (χ0) is 16.5. The van der Waals surface area contributed by atoms with Crippen LogP contribution < -0.4 is 10.6 Å². The number of aromatic nitrogens is 3. The molecule has 0 aromatic carbocycles. The normalized spacial score (nSPS) is 11.7. The van der Waals surface area contributed by atoms with Gasteiger partial charge in [0.1, 0.15) is 0 Å². The van der Waals surface area contributed by atoms with Gasteiger partial charge in [0.15, 0.2) is 11.8 Å². The van der Waals surface area contributed by atoms with Crippen LogP contribution in [0.4, 0.5) is 0 Å². The van der Waals surface area contributed by atoms with Gasteiger partial charge in [0.25, 0.3) is 0 Å². The van der Waals surface area contributed by atoms with Crippen LogP contribution in [0, 0.1) is 6.92 Å². The van der Waals surface area contributed by atoms with Crippen molar-refractivity contribution >= 4 is 17.3 Å². The molecule has 126 valence electrons. The maximum absolute atomic E-state index is 5.09. The molecule has 0 saturated heterocycles. The second-order valence-electron chi connectivity index (χ2n) is 5.00. The van der Waals surface area contributed by atoms with Gasteiger partial charge in [0, 0.05) is 43.5 Å². The summed E-state index contributed by atoms with van der Waals surface area (Å²) in [6.45, 7) is 8.24. The molecule has 0 unspecified atom stereocenters. The van der Waals surface area contributed by atoms with Crippen molar-refractivity contribution in [1.29, 1.82) is 0 Å². The van der Waals surface area contributed by atoms with Gasteiger partial charge in [-0.05, 0) is 20.3 Å². The summed E-state index contributed by atoms with van der Waals surface area (Å²) < 4.78 is 5.09. The Kier molecular flexibility index (Phi) is 6.99. The van der Waals surface area contributed by atoms with Gasteiger partial charge in [-0.15, -0.1) is 11.3 Å². The lowest BCUT2D eigenvalue weighted by Gasteiger charge is -2.09. The lowest BCUT2D eigenvalue weighted by Crippen LogP contribution is -2.38. The first-order valence-corrected chi connectivity index (χ1v) is 8.77. The van der Waals surface area contributed by atoms with Gasteiger partial charge >= 0.3 is 0 Å². The van der Waals surface area contributed by atoms with Crippen LogP contribution in [0.2, 0.25) is 0 Å². The molecule has 23 heavy (non-hydrogen) atoms. The van der Waals surface area contributed by atoms with E-state index in [-0.39, 0.29) is 0 Å². The Morgan fingerprint density at radius 3 is 2.83 bits per heavy atom. The second-order valence-corrected chi connectivity index (χ2v) is 6.20. The molecule has 8 heteroatoms. The van der Waals surface area contributed by atoms with Crippen LogP contribution in [-0.2, 0) is 19.3 Å². The van der Waals surface area contributed by atoms with E-state index in [9.17, 15) is 0 Å². The Hall–Kier alpha value is -1.96. The Morgan fingerprint density at radius 1 is 1.30 bits per heavy atom. The smallest absolute Gasteiger partial charge is 0.228 e. The van der Waals surface area contributed by atoms with Crippen LogP contribution in [0.3, 0.4) is 0 Å². The molecule has 0 aliphatic carbocycles. The first-order valence-electron chi connectivity index (χ1n) is 7.96. The average Bonchev–Trinajstić information content (AvgIpc) is 3.16. The van der Waals surface area contributed by atoms with Crippen LogP contribution in [0.25, 0.3) is 0 Å². The minimum Gasteiger partial charge on any atom is -0.357 e. The van der Waals surface area contributed by atoms with Crippen molar-refractivity contribution in [2.45, 2.75) is 40.0 Å².